The van der Waals surface area contributed by atoms with Gasteiger partial charge in [0, 0.05) is 6.42 Å². The summed E-state index contributed by atoms with van der Waals surface area (Å²) in [7, 11) is 0. The number of halogens is 3. The van der Waals surface area contributed by atoms with Crippen LogP contribution in [0.4, 0.5) is 18.9 Å². The minimum Gasteiger partial charge on any atom is -0.482 e. The van der Waals surface area contributed by atoms with Gasteiger partial charge in [0.15, 0.2) is 6.61 Å². The van der Waals surface area contributed by atoms with Crippen molar-refractivity contribution >= 4 is 11.6 Å². The molecule has 3 nitrogen and oxygen atoms in total. The van der Waals surface area contributed by atoms with E-state index in [9.17, 15) is 18.0 Å². The van der Waals surface area contributed by atoms with Gasteiger partial charge in [0.05, 0.1) is 5.69 Å². The summed E-state index contributed by atoms with van der Waals surface area (Å²) in [6.07, 6.45) is -2.17. The van der Waals surface area contributed by atoms with Crippen molar-refractivity contribution in [2.45, 2.75) is 46.2 Å². The van der Waals surface area contributed by atoms with Crippen LogP contribution in [0.2, 0.25) is 0 Å². The minimum absolute atomic E-state index is 0.0359. The first-order chi connectivity index (χ1) is 10.2. The van der Waals surface area contributed by atoms with Gasteiger partial charge in [-0.3, -0.25) is 4.79 Å². The third-order valence-electron chi connectivity index (χ3n) is 3.12. The van der Waals surface area contributed by atoms with E-state index in [0.29, 0.717) is 6.42 Å². The number of amides is 1. The molecule has 1 amide bonds. The molecule has 0 aliphatic heterocycles. The molecule has 22 heavy (non-hydrogen) atoms. The number of benzene rings is 1. The number of hydrogen-bond acceptors (Lipinski definition) is 2. The first kappa shape index (κ1) is 18.3. The Bertz CT molecular complexity index is 501. The van der Waals surface area contributed by atoms with Crippen LogP contribution < -0.4 is 10.1 Å². The maximum atomic E-state index is 12.3. The summed E-state index contributed by atoms with van der Waals surface area (Å²) in [5.41, 5.74) is 1.03. The smallest absolute Gasteiger partial charge is 0.422 e. The van der Waals surface area contributed by atoms with Crippen LogP contribution in [0.15, 0.2) is 18.2 Å². The maximum absolute atomic E-state index is 12.3. The standard InChI is InChI=1S/C16H22F3NO2/c1-4-5-11(2)9-15(21)20-13-7-6-12(3)8-14(13)22-10-16(17,18)19/h6-8,11H,4-5,9-10H2,1-3H3,(H,20,21). The summed E-state index contributed by atoms with van der Waals surface area (Å²) in [6, 6.07) is 4.76. The largest absolute Gasteiger partial charge is 0.482 e. The molecule has 1 aromatic carbocycles. The summed E-state index contributed by atoms with van der Waals surface area (Å²) < 4.78 is 41.6. The van der Waals surface area contributed by atoms with Gasteiger partial charge < -0.3 is 10.1 Å². The molecule has 0 fully saturated rings. The van der Waals surface area contributed by atoms with Gasteiger partial charge in [0.25, 0.3) is 0 Å². The lowest BCUT2D eigenvalue weighted by atomic mass is 10.0. The quantitative estimate of drug-likeness (QED) is 0.791. The number of aryl methyl sites for hydroxylation is 1. The lowest BCUT2D eigenvalue weighted by Gasteiger charge is -2.15. The van der Waals surface area contributed by atoms with Crippen LogP contribution in [0.3, 0.4) is 0 Å². The van der Waals surface area contributed by atoms with Crippen LogP contribution >= 0.6 is 0 Å². The predicted molar refractivity (Wildman–Crippen MR) is 80.0 cm³/mol. The Morgan fingerprint density at radius 3 is 2.64 bits per heavy atom. The lowest BCUT2D eigenvalue weighted by Crippen LogP contribution is -2.21. The molecule has 0 radical (unpaired) electrons. The monoisotopic (exact) mass is 317 g/mol. The topological polar surface area (TPSA) is 38.3 Å². The van der Waals surface area contributed by atoms with Crippen LogP contribution in [-0.2, 0) is 4.79 Å². The van der Waals surface area contributed by atoms with Crippen molar-refractivity contribution in [3.8, 4) is 5.75 Å². The number of anilines is 1. The number of alkyl halides is 3. The van der Waals surface area contributed by atoms with Crippen molar-refractivity contribution in [3.63, 3.8) is 0 Å². The van der Waals surface area contributed by atoms with Crippen molar-refractivity contribution in [1.82, 2.24) is 0 Å². The van der Waals surface area contributed by atoms with Crippen LogP contribution in [-0.4, -0.2) is 18.7 Å². The molecule has 0 saturated carbocycles. The Labute approximate surface area is 128 Å². The highest BCUT2D eigenvalue weighted by Crippen LogP contribution is 2.28. The number of carbonyl (C=O) groups is 1. The molecule has 1 rings (SSSR count). The van der Waals surface area contributed by atoms with Crippen molar-refractivity contribution in [2.75, 3.05) is 11.9 Å². The molecule has 0 heterocycles. The molecule has 0 aliphatic carbocycles. The van der Waals surface area contributed by atoms with Crippen molar-refractivity contribution < 1.29 is 22.7 Å². The highest BCUT2D eigenvalue weighted by atomic mass is 19.4. The summed E-state index contributed by atoms with van der Waals surface area (Å²) in [5.74, 6) is 0.0467. The fraction of sp³-hybridized carbons (Fsp3) is 0.562. The molecule has 1 aromatic rings. The van der Waals surface area contributed by atoms with Crippen LogP contribution in [0.25, 0.3) is 0 Å². The number of hydrogen-bond donors (Lipinski definition) is 1. The van der Waals surface area contributed by atoms with Crippen molar-refractivity contribution in [2.24, 2.45) is 5.92 Å². The van der Waals surface area contributed by atoms with Crippen LogP contribution in [0.1, 0.15) is 38.7 Å². The molecule has 6 heteroatoms. The van der Waals surface area contributed by atoms with E-state index in [2.05, 4.69) is 5.32 Å². The Hall–Kier alpha value is -1.72. The van der Waals surface area contributed by atoms with Crippen molar-refractivity contribution in [1.29, 1.82) is 0 Å². The summed E-state index contributed by atoms with van der Waals surface area (Å²) >= 11 is 0. The van der Waals surface area contributed by atoms with Crippen LogP contribution in [0.5, 0.6) is 5.75 Å². The van der Waals surface area contributed by atoms with E-state index >= 15 is 0 Å². The molecule has 0 saturated heterocycles. The Balaban J connectivity index is 2.74. The fourth-order valence-electron chi connectivity index (χ4n) is 2.12. The third kappa shape index (κ3) is 6.83. The minimum atomic E-state index is -4.42. The predicted octanol–water partition coefficient (Wildman–Crippen LogP) is 4.70. The summed E-state index contributed by atoms with van der Waals surface area (Å²) in [6.45, 7) is 4.37. The van der Waals surface area contributed by atoms with Gasteiger partial charge in [-0.2, -0.15) is 13.2 Å². The van der Waals surface area contributed by atoms with Gasteiger partial charge in [-0.25, -0.2) is 0 Å². The summed E-state index contributed by atoms with van der Waals surface area (Å²) in [5, 5.41) is 2.63. The molecular weight excluding hydrogens is 295 g/mol. The average molecular weight is 317 g/mol. The van der Waals surface area contributed by atoms with E-state index in [0.717, 1.165) is 18.4 Å². The normalized spacial score (nSPS) is 12.8. The van der Waals surface area contributed by atoms with Gasteiger partial charge in [0.2, 0.25) is 5.91 Å². The molecular formula is C16H22F3NO2. The van der Waals surface area contributed by atoms with Gasteiger partial charge in [-0.05, 0) is 30.5 Å². The maximum Gasteiger partial charge on any atom is 0.422 e. The molecule has 0 aromatic heterocycles. The highest BCUT2D eigenvalue weighted by molar-refractivity contribution is 5.92. The zero-order valence-corrected chi connectivity index (χ0v) is 13.1. The van der Waals surface area contributed by atoms with Gasteiger partial charge in [-0.1, -0.05) is 32.8 Å². The zero-order valence-electron chi connectivity index (χ0n) is 13.1. The average Bonchev–Trinajstić information content (AvgIpc) is 2.38. The molecule has 0 bridgehead atoms. The number of ether oxygens (including phenoxy) is 1. The molecule has 124 valence electrons. The molecule has 1 atom stereocenters. The number of rotatable bonds is 7. The van der Waals surface area contributed by atoms with Crippen LogP contribution in [0, 0.1) is 12.8 Å². The zero-order chi connectivity index (χ0) is 16.8. The molecule has 1 unspecified atom stereocenters. The first-order valence-corrected chi connectivity index (χ1v) is 7.31. The first-order valence-electron chi connectivity index (χ1n) is 7.31. The van der Waals surface area contributed by atoms with E-state index in [1.165, 1.54) is 6.07 Å². The van der Waals surface area contributed by atoms with Gasteiger partial charge in [-0.15, -0.1) is 0 Å². The fourth-order valence-corrected chi connectivity index (χ4v) is 2.12. The molecule has 0 aliphatic rings. The second-order valence-electron chi connectivity index (χ2n) is 5.55. The van der Waals surface area contributed by atoms with E-state index in [1.807, 2.05) is 13.8 Å². The Kier molecular flexibility index (Phi) is 6.71. The number of nitrogens with one attached hydrogen (secondary N) is 1. The molecule has 1 N–H and O–H groups in total. The van der Waals surface area contributed by atoms with E-state index in [-0.39, 0.29) is 23.3 Å². The van der Waals surface area contributed by atoms with Gasteiger partial charge >= 0.3 is 6.18 Å². The van der Waals surface area contributed by atoms with E-state index in [4.69, 9.17) is 4.74 Å². The SMILES string of the molecule is CCCC(C)CC(=O)Nc1ccc(C)cc1OCC(F)(F)F. The van der Waals surface area contributed by atoms with Crippen molar-refractivity contribution in [3.05, 3.63) is 23.8 Å². The third-order valence-corrected chi connectivity index (χ3v) is 3.12. The lowest BCUT2D eigenvalue weighted by molar-refractivity contribution is -0.153. The second-order valence-corrected chi connectivity index (χ2v) is 5.55. The molecule has 0 spiro atoms. The summed E-state index contributed by atoms with van der Waals surface area (Å²) in [4.78, 5) is 11.9. The Morgan fingerprint density at radius 2 is 2.05 bits per heavy atom. The van der Waals surface area contributed by atoms with E-state index < -0.39 is 12.8 Å². The second kappa shape index (κ2) is 8.06. The number of carbonyl (C=O) groups excluding carboxylic acids is 1. The highest BCUT2D eigenvalue weighted by Gasteiger charge is 2.29. The Morgan fingerprint density at radius 1 is 1.36 bits per heavy atom. The van der Waals surface area contributed by atoms with Gasteiger partial charge in [0.1, 0.15) is 5.75 Å². The van der Waals surface area contributed by atoms with E-state index in [1.54, 1.807) is 19.1 Å².